The van der Waals surface area contributed by atoms with Crippen LogP contribution in [0.15, 0.2) is 18.3 Å². The van der Waals surface area contributed by atoms with Gasteiger partial charge in [0.25, 0.3) is 0 Å². The summed E-state index contributed by atoms with van der Waals surface area (Å²) in [5, 5.41) is 0. The van der Waals surface area contributed by atoms with Gasteiger partial charge in [0.1, 0.15) is 5.82 Å². The lowest BCUT2D eigenvalue weighted by atomic mass is 10.2. The van der Waals surface area contributed by atoms with Crippen molar-refractivity contribution < 1.29 is 4.74 Å². The monoisotopic (exact) mass is 193 g/mol. The highest BCUT2D eigenvalue weighted by atomic mass is 16.5. The van der Waals surface area contributed by atoms with Crippen LogP contribution in [0.3, 0.4) is 0 Å². The molecule has 0 aromatic carbocycles. The van der Waals surface area contributed by atoms with Gasteiger partial charge in [-0.1, -0.05) is 0 Å². The van der Waals surface area contributed by atoms with Crippen LogP contribution in [0, 0.1) is 0 Å². The summed E-state index contributed by atoms with van der Waals surface area (Å²) in [6, 6.07) is 4.26. The Morgan fingerprint density at radius 1 is 1.57 bits per heavy atom. The maximum atomic E-state index is 5.57. The second-order valence-corrected chi connectivity index (χ2v) is 3.58. The maximum absolute atomic E-state index is 5.57. The third-order valence-corrected chi connectivity index (χ3v) is 2.59. The van der Waals surface area contributed by atoms with E-state index in [4.69, 9.17) is 10.5 Å². The summed E-state index contributed by atoms with van der Waals surface area (Å²) in [6.45, 7) is 1.65. The van der Waals surface area contributed by atoms with Gasteiger partial charge in [-0.05, 0) is 18.6 Å². The van der Waals surface area contributed by atoms with E-state index in [2.05, 4.69) is 9.88 Å². The van der Waals surface area contributed by atoms with E-state index >= 15 is 0 Å². The number of hydrogen-bond donors (Lipinski definition) is 1. The van der Waals surface area contributed by atoms with Crippen molar-refractivity contribution in [1.29, 1.82) is 0 Å². The molecule has 2 N–H and O–H groups in total. The SMILES string of the molecule is CN(c1ccc(N)cn1)C1CCOC1. The highest BCUT2D eigenvalue weighted by molar-refractivity contribution is 5.45. The molecule has 14 heavy (non-hydrogen) atoms. The van der Waals surface area contributed by atoms with Crippen molar-refractivity contribution in [3.63, 3.8) is 0 Å². The summed E-state index contributed by atoms with van der Waals surface area (Å²) >= 11 is 0. The Morgan fingerprint density at radius 2 is 2.43 bits per heavy atom. The van der Waals surface area contributed by atoms with Gasteiger partial charge in [-0.2, -0.15) is 0 Å². The quantitative estimate of drug-likeness (QED) is 0.757. The van der Waals surface area contributed by atoms with E-state index < -0.39 is 0 Å². The van der Waals surface area contributed by atoms with Gasteiger partial charge >= 0.3 is 0 Å². The smallest absolute Gasteiger partial charge is 0.128 e. The van der Waals surface area contributed by atoms with Gasteiger partial charge in [-0.25, -0.2) is 4.98 Å². The summed E-state index contributed by atoms with van der Waals surface area (Å²) in [5.74, 6) is 0.953. The Bertz CT molecular complexity index is 293. The van der Waals surface area contributed by atoms with Crippen LogP contribution in [0.5, 0.6) is 0 Å². The van der Waals surface area contributed by atoms with Gasteiger partial charge < -0.3 is 15.4 Å². The van der Waals surface area contributed by atoms with Gasteiger partial charge in [0.2, 0.25) is 0 Å². The molecule has 0 bridgehead atoms. The molecule has 1 saturated heterocycles. The number of aromatic nitrogens is 1. The number of anilines is 2. The van der Waals surface area contributed by atoms with Crippen molar-refractivity contribution >= 4 is 11.5 Å². The molecule has 0 spiro atoms. The summed E-state index contributed by atoms with van der Waals surface area (Å²) in [6.07, 6.45) is 2.75. The minimum absolute atomic E-state index is 0.450. The van der Waals surface area contributed by atoms with E-state index in [-0.39, 0.29) is 0 Å². The van der Waals surface area contributed by atoms with Crippen LogP contribution in [0.1, 0.15) is 6.42 Å². The molecule has 1 aliphatic rings. The third kappa shape index (κ3) is 1.80. The number of likely N-dealkylation sites (N-methyl/N-ethyl adjacent to an activating group) is 1. The van der Waals surface area contributed by atoms with Gasteiger partial charge in [-0.15, -0.1) is 0 Å². The van der Waals surface area contributed by atoms with Gasteiger partial charge in [0.05, 0.1) is 24.5 Å². The Hall–Kier alpha value is -1.29. The molecule has 0 aliphatic carbocycles. The molecule has 0 amide bonds. The first kappa shape index (κ1) is 9.27. The summed E-state index contributed by atoms with van der Waals surface area (Å²) in [7, 11) is 2.04. The minimum atomic E-state index is 0.450. The van der Waals surface area contributed by atoms with E-state index in [0.29, 0.717) is 11.7 Å². The van der Waals surface area contributed by atoms with Gasteiger partial charge in [0.15, 0.2) is 0 Å². The standard InChI is InChI=1S/C10H15N3O/c1-13(9-4-5-14-7-9)10-3-2-8(11)6-12-10/h2-3,6,9H,4-5,7,11H2,1H3. The summed E-state index contributed by atoms with van der Waals surface area (Å²) in [5.41, 5.74) is 6.27. The normalized spacial score (nSPS) is 21.1. The first-order valence-electron chi connectivity index (χ1n) is 4.79. The van der Waals surface area contributed by atoms with Crippen LogP contribution >= 0.6 is 0 Å². The zero-order chi connectivity index (χ0) is 9.97. The van der Waals surface area contributed by atoms with Gasteiger partial charge in [0, 0.05) is 13.7 Å². The second-order valence-electron chi connectivity index (χ2n) is 3.58. The fraction of sp³-hybridized carbons (Fsp3) is 0.500. The van der Waals surface area contributed by atoms with Crippen molar-refractivity contribution in [3.05, 3.63) is 18.3 Å². The van der Waals surface area contributed by atoms with Crippen LogP contribution in [0.2, 0.25) is 0 Å². The minimum Gasteiger partial charge on any atom is -0.397 e. The molecular weight excluding hydrogens is 178 g/mol. The zero-order valence-electron chi connectivity index (χ0n) is 8.31. The predicted octanol–water partition coefficient (Wildman–Crippen LogP) is 0.889. The highest BCUT2D eigenvalue weighted by Gasteiger charge is 2.20. The number of ether oxygens (including phenoxy) is 1. The Kier molecular flexibility index (Phi) is 2.54. The van der Waals surface area contributed by atoms with Crippen molar-refractivity contribution in [3.8, 4) is 0 Å². The van der Waals surface area contributed by atoms with Crippen molar-refractivity contribution in [2.24, 2.45) is 0 Å². The molecule has 0 radical (unpaired) electrons. The van der Waals surface area contributed by atoms with Crippen LogP contribution < -0.4 is 10.6 Å². The van der Waals surface area contributed by atoms with Crippen molar-refractivity contribution in [1.82, 2.24) is 4.98 Å². The van der Waals surface area contributed by atoms with Crippen LogP contribution in [-0.4, -0.2) is 31.3 Å². The highest BCUT2D eigenvalue weighted by Crippen LogP contribution is 2.18. The zero-order valence-corrected chi connectivity index (χ0v) is 8.31. The molecule has 76 valence electrons. The van der Waals surface area contributed by atoms with E-state index in [1.54, 1.807) is 6.20 Å². The fourth-order valence-corrected chi connectivity index (χ4v) is 1.62. The average molecular weight is 193 g/mol. The molecule has 1 aromatic heterocycles. The number of rotatable bonds is 2. The molecule has 1 aliphatic heterocycles. The molecule has 0 saturated carbocycles. The van der Waals surface area contributed by atoms with Crippen LogP contribution in [0.4, 0.5) is 11.5 Å². The number of nitrogens with zero attached hydrogens (tertiary/aromatic N) is 2. The lowest BCUT2D eigenvalue weighted by Crippen LogP contribution is -2.32. The van der Waals surface area contributed by atoms with Gasteiger partial charge in [-0.3, -0.25) is 0 Å². The molecule has 1 fully saturated rings. The Labute approximate surface area is 83.7 Å². The second kappa shape index (κ2) is 3.84. The third-order valence-electron chi connectivity index (χ3n) is 2.59. The molecule has 1 aromatic rings. The lowest BCUT2D eigenvalue weighted by molar-refractivity contribution is 0.193. The molecule has 2 heterocycles. The molecule has 4 heteroatoms. The Balaban J connectivity index is 2.09. The Morgan fingerprint density at radius 3 is 3.00 bits per heavy atom. The first-order valence-corrected chi connectivity index (χ1v) is 4.79. The topological polar surface area (TPSA) is 51.4 Å². The van der Waals surface area contributed by atoms with Crippen LogP contribution in [-0.2, 0) is 4.74 Å². The lowest BCUT2D eigenvalue weighted by Gasteiger charge is -2.24. The van der Waals surface area contributed by atoms with E-state index in [1.165, 1.54) is 0 Å². The molecule has 1 atom stereocenters. The number of pyridine rings is 1. The molecule has 1 unspecified atom stereocenters. The van der Waals surface area contributed by atoms with Crippen LogP contribution in [0.25, 0.3) is 0 Å². The predicted molar refractivity (Wildman–Crippen MR) is 56.3 cm³/mol. The van der Waals surface area contributed by atoms with Crippen molar-refractivity contribution in [2.45, 2.75) is 12.5 Å². The first-order chi connectivity index (χ1) is 6.77. The number of hydrogen-bond acceptors (Lipinski definition) is 4. The molecular formula is C10H15N3O. The molecule has 2 rings (SSSR count). The summed E-state index contributed by atoms with van der Waals surface area (Å²) in [4.78, 5) is 6.41. The fourth-order valence-electron chi connectivity index (χ4n) is 1.62. The molecule has 4 nitrogen and oxygen atoms in total. The van der Waals surface area contributed by atoms with E-state index in [9.17, 15) is 0 Å². The number of nitrogens with two attached hydrogens (primary N) is 1. The van der Waals surface area contributed by atoms with E-state index in [0.717, 1.165) is 25.5 Å². The number of nitrogen functional groups attached to an aromatic ring is 1. The average Bonchev–Trinajstić information content (AvgIpc) is 2.71. The van der Waals surface area contributed by atoms with Crippen molar-refractivity contribution in [2.75, 3.05) is 30.9 Å². The summed E-state index contributed by atoms with van der Waals surface area (Å²) < 4.78 is 5.33. The maximum Gasteiger partial charge on any atom is 0.128 e. The largest absolute Gasteiger partial charge is 0.397 e. The van der Waals surface area contributed by atoms with E-state index in [1.807, 2.05) is 19.2 Å².